The molecule has 0 aromatic carbocycles. The van der Waals surface area contributed by atoms with Gasteiger partial charge in [-0.2, -0.15) is 13.2 Å². The van der Waals surface area contributed by atoms with E-state index < -0.39 is 33.7 Å². The molecule has 0 bridgehead atoms. The van der Waals surface area contributed by atoms with Gasteiger partial charge in [0.15, 0.2) is 5.69 Å². The highest BCUT2D eigenvalue weighted by Gasteiger charge is 2.37. The normalized spacial score (nSPS) is 11.6. The molecule has 0 fully saturated rings. The Labute approximate surface area is 96.4 Å². The Morgan fingerprint density at radius 1 is 1.50 bits per heavy atom. The number of pyridine rings is 1. The summed E-state index contributed by atoms with van der Waals surface area (Å²) in [6, 6.07) is 0. The molecule has 8 heteroatoms. The van der Waals surface area contributed by atoms with Crippen molar-refractivity contribution in [1.29, 1.82) is 0 Å². The molecule has 16 heavy (non-hydrogen) atoms. The molecule has 4 nitrogen and oxygen atoms in total. The number of carboxylic acid groups (broad SMARTS) is 1. The van der Waals surface area contributed by atoms with Gasteiger partial charge in [0, 0.05) is 0 Å². The second-order valence-corrected chi connectivity index (χ2v) is 3.76. The zero-order valence-electron chi connectivity index (χ0n) is 7.89. The SMILES string of the molecule is Cc1c(Br)c(C(F)(F)F)nc(N)c1C(=O)O. The number of rotatable bonds is 1. The lowest BCUT2D eigenvalue weighted by molar-refractivity contribution is -0.141. The maximum atomic E-state index is 12.4. The third-order valence-electron chi connectivity index (χ3n) is 1.88. The van der Waals surface area contributed by atoms with Gasteiger partial charge in [-0.1, -0.05) is 0 Å². The molecule has 1 heterocycles. The summed E-state index contributed by atoms with van der Waals surface area (Å²) in [5, 5.41) is 8.74. The van der Waals surface area contributed by atoms with Gasteiger partial charge in [0.2, 0.25) is 0 Å². The summed E-state index contributed by atoms with van der Waals surface area (Å²) >= 11 is 2.67. The Morgan fingerprint density at radius 2 is 2.00 bits per heavy atom. The molecule has 0 atom stereocenters. The first-order chi connectivity index (χ1) is 7.16. The highest BCUT2D eigenvalue weighted by atomic mass is 79.9. The van der Waals surface area contributed by atoms with Crippen LogP contribution in [0.2, 0.25) is 0 Å². The van der Waals surface area contributed by atoms with Gasteiger partial charge in [0.05, 0.1) is 4.47 Å². The molecule has 0 spiro atoms. The van der Waals surface area contributed by atoms with Crippen molar-refractivity contribution < 1.29 is 23.1 Å². The number of nitrogen functional groups attached to an aromatic ring is 1. The number of alkyl halides is 3. The van der Waals surface area contributed by atoms with E-state index in [1.54, 1.807) is 0 Å². The maximum absolute atomic E-state index is 12.4. The van der Waals surface area contributed by atoms with Crippen LogP contribution in [0.25, 0.3) is 0 Å². The first-order valence-corrected chi connectivity index (χ1v) is 4.71. The smallest absolute Gasteiger partial charge is 0.434 e. The van der Waals surface area contributed by atoms with Gasteiger partial charge < -0.3 is 10.8 Å². The molecule has 0 aliphatic heterocycles. The Bertz CT molecular complexity index is 460. The van der Waals surface area contributed by atoms with Crippen LogP contribution in [-0.2, 0) is 6.18 Å². The van der Waals surface area contributed by atoms with Gasteiger partial charge in [0.25, 0.3) is 0 Å². The molecule has 0 radical (unpaired) electrons. The van der Waals surface area contributed by atoms with Crippen LogP contribution in [0, 0.1) is 6.92 Å². The first-order valence-electron chi connectivity index (χ1n) is 3.92. The minimum atomic E-state index is -4.69. The van der Waals surface area contributed by atoms with Gasteiger partial charge in [-0.15, -0.1) is 0 Å². The van der Waals surface area contributed by atoms with Crippen molar-refractivity contribution in [3.63, 3.8) is 0 Å². The molecular weight excluding hydrogens is 293 g/mol. The lowest BCUT2D eigenvalue weighted by atomic mass is 10.1. The van der Waals surface area contributed by atoms with E-state index in [2.05, 4.69) is 20.9 Å². The van der Waals surface area contributed by atoms with Crippen LogP contribution < -0.4 is 5.73 Å². The zero-order valence-corrected chi connectivity index (χ0v) is 9.48. The predicted molar refractivity (Wildman–Crippen MR) is 53.0 cm³/mol. The molecular formula is C8H6BrF3N2O2. The molecule has 0 unspecified atom stereocenters. The number of halogens is 4. The molecule has 88 valence electrons. The topological polar surface area (TPSA) is 76.2 Å². The fraction of sp³-hybridized carbons (Fsp3) is 0.250. The van der Waals surface area contributed by atoms with E-state index in [1.807, 2.05) is 0 Å². The number of carboxylic acids is 1. The van der Waals surface area contributed by atoms with E-state index in [4.69, 9.17) is 10.8 Å². The number of hydrogen-bond donors (Lipinski definition) is 2. The average molecular weight is 299 g/mol. The molecule has 0 aliphatic carbocycles. The summed E-state index contributed by atoms with van der Waals surface area (Å²) < 4.78 is 36.9. The fourth-order valence-corrected chi connectivity index (χ4v) is 1.67. The molecule has 1 aromatic rings. The Morgan fingerprint density at radius 3 is 2.38 bits per heavy atom. The second-order valence-electron chi connectivity index (χ2n) is 2.96. The van der Waals surface area contributed by atoms with Crippen LogP contribution in [0.1, 0.15) is 21.6 Å². The monoisotopic (exact) mass is 298 g/mol. The summed E-state index contributed by atoms with van der Waals surface area (Å²) in [6.07, 6.45) is -4.69. The number of anilines is 1. The molecule has 0 saturated heterocycles. The highest BCUT2D eigenvalue weighted by Crippen LogP contribution is 2.37. The number of aromatic nitrogens is 1. The van der Waals surface area contributed by atoms with Crippen LogP contribution in [0.5, 0.6) is 0 Å². The summed E-state index contributed by atoms with van der Waals surface area (Å²) in [7, 11) is 0. The molecule has 0 amide bonds. The van der Waals surface area contributed by atoms with Crippen molar-refractivity contribution in [2.75, 3.05) is 5.73 Å². The third-order valence-corrected chi connectivity index (χ3v) is 2.85. The number of carbonyl (C=O) groups is 1. The van der Waals surface area contributed by atoms with Gasteiger partial charge >= 0.3 is 12.1 Å². The van der Waals surface area contributed by atoms with Crippen molar-refractivity contribution >= 4 is 27.7 Å². The second kappa shape index (κ2) is 3.93. The molecule has 0 aliphatic rings. The summed E-state index contributed by atoms with van der Waals surface area (Å²) in [5.41, 5.74) is 3.41. The van der Waals surface area contributed by atoms with Crippen molar-refractivity contribution in [2.45, 2.75) is 13.1 Å². The van der Waals surface area contributed by atoms with Crippen LogP contribution in [0.4, 0.5) is 19.0 Å². The number of aromatic carboxylic acids is 1. The van der Waals surface area contributed by atoms with Crippen molar-refractivity contribution in [3.05, 3.63) is 21.3 Å². The summed E-state index contributed by atoms with van der Waals surface area (Å²) in [6.45, 7) is 1.22. The van der Waals surface area contributed by atoms with E-state index in [1.165, 1.54) is 6.92 Å². The van der Waals surface area contributed by atoms with E-state index in [9.17, 15) is 18.0 Å². The predicted octanol–water partition coefficient (Wildman–Crippen LogP) is 2.45. The lowest BCUT2D eigenvalue weighted by Crippen LogP contribution is -2.16. The lowest BCUT2D eigenvalue weighted by Gasteiger charge is -2.13. The quantitative estimate of drug-likeness (QED) is 0.835. The largest absolute Gasteiger partial charge is 0.478 e. The van der Waals surface area contributed by atoms with Crippen LogP contribution in [0.15, 0.2) is 4.47 Å². The van der Waals surface area contributed by atoms with Gasteiger partial charge in [-0.25, -0.2) is 9.78 Å². The van der Waals surface area contributed by atoms with Gasteiger partial charge in [-0.05, 0) is 28.4 Å². The van der Waals surface area contributed by atoms with E-state index in [0.29, 0.717) is 0 Å². The minimum Gasteiger partial charge on any atom is -0.478 e. The highest BCUT2D eigenvalue weighted by molar-refractivity contribution is 9.10. The van der Waals surface area contributed by atoms with Crippen molar-refractivity contribution in [1.82, 2.24) is 4.98 Å². The molecule has 1 aromatic heterocycles. The standard InChI is InChI=1S/C8H6BrF3N2O2/c1-2-3(7(15)16)6(13)14-5(4(2)9)8(10,11)12/h1H3,(H2,13,14)(H,15,16). The number of nitrogens with zero attached hydrogens (tertiary/aromatic N) is 1. The van der Waals surface area contributed by atoms with Crippen LogP contribution in [0.3, 0.4) is 0 Å². The first kappa shape index (κ1) is 12.8. The van der Waals surface area contributed by atoms with Crippen molar-refractivity contribution in [3.8, 4) is 0 Å². The number of nitrogens with two attached hydrogens (primary N) is 1. The Balaban J connectivity index is 3.58. The van der Waals surface area contributed by atoms with Gasteiger partial charge in [-0.3, -0.25) is 0 Å². The van der Waals surface area contributed by atoms with Crippen LogP contribution >= 0.6 is 15.9 Å². The summed E-state index contributed by atoms with van der Waals surface area (Å²) in [5.74, 6) is -2.07. The average Bonchev–Trinajstić information content (AvgIpc) is 2.09. The van der Waals surface area contributed by atoms with Gasteiger partial charge in [0.1, 0.15) is 11.4 Å². The van der Waals surface area contributed by atoms with Crippen molar-refractivity contribution in [2.24, 2.45) is 0 Å². The summed E-state index contributed by atoms with van der Waals surface area (Å²) in [4.78, 5) is 13.8. The molecule has 1 rings (SSSR count). The van der Waals surface area contributed by atoms with Crippen LogP contribution in [-0.4, -0.2) is 16.1 Å². The minimum absolute atomic E-state index is 0.104. The fourth-order valence-electron chi connectivity index (χ4n) is 1.16. The molecule has 3 N–H and O–H groups in total. The Hall–Kier alpha value is -1.31. The van der Waals surface area contributed by atoms with E-state index in [0.717, 1.165) is 0 Å². The van der Waals surface area contributed by atoms with E-state index in [-0.39, 0.29) is 5.56 Å². The Kier molecular flexibility index (Phi) is 3.13. The molecule has 0 saturated carbocycles. The number of hydrogen-bond acceptors (Lipinski definition) is 3. The third kappa shape index (κ3) is 2.11. The maximum Gasteiger partial charge on any atom is 0.434 e. The van der Waals surface area contributed by atoms with E-state index >= 15 is 0 Å². The zero-order chi connectivity index (χ0) is 12.7.